The summed E-state index contributed by atoms with van der Waals surface area (Å²) in [6, 6.07) is 2.16. The van der Waals surface area contributed by atoms with E-state index in [0.29, 0.717) is 5.02 Å². The maximum Gasteiger partial charge on any atom is 0.222 e. The number of rotatable bonds is 1. The fourth-order valence-electron chi connectivity index (χ4n) is 2.02. The lowest BCUT2D eigenvalue weighted by molar-refractivity contribution is 0.731. The van der Waals surface area contributed by atoms with Gasteiger partial charge in [-0.2, -0.15) is 4.98 Å². The topological polar surface area (TPSA) is 55.0 Å². The predicted octanol–water partition coefficient (Wildman–Crippen LogP) is 2.34. The quantitative estimate of drug-likeness (QED) is 0.861. The van der Waals surface area contributed by atoms with Crippen LogP contribution >= 0.6 is 22.9 Å². The molecule has 0 bridgehead atoms. The van der Waals surface area contributed by atoms with Crippen molar-refractivity contribution < 1.29 is 0 Å². The Labute approximate surface area is 108 Å². The Morgan fingerprint density at radius 3 is 3.24 bits per heavy atom. The van der Waals surface area contributed by atoms with Crippen LogP contribution in [0.15, 0.2) is 17.6 Å². The van der Waals surface area contributed by atoms with E-state index in [-0.39, 0.29) is 5.95 Å². The Bertz CT molecular complexity index is 554. The van der Waals surface area contributed by atoms with Crippen molar-refractivity contribution >= 4 is 34.7 Å². The summed E-state index contributed by atoms with van der Waals surface area (Å²) in [7, 11) is 0. The third-order valence-corrected chi connectivity index (χ3v) is 4.14. The van der Waals surface area contributed by atoms with Gasteiger partial charge in [0.05, 0.1) is 6.20 Å². The molecule has 2 aromatic rings. The molecule has 1 aliphatic rings. The Kier molecular flexibility index (Phi) is 2.64. The maximum atomic E-state index is 6.11. The van der Waals surface area contributed by atoms with Gasteiger partial charge in [-0.15, -0.1) is 11.3 Å². The molecular formula is C11H11ClN4S. The highest BCUT2D eigenvalue weighted by Crippen LogP contribution is 2.30. The molecule has 6 heteroatoms. The molecule has 1 aliphatic heterocycles. The van der Waals surface area contributed by atoms with Gasteiger partial charge in [0.25, 0.3) is 0 Å². The van der Waals surface area contributed by atoms with E-state index < -0.39 is 0 Å². The van der Waals surface area contributed by atoms with Crippen LogP contribution in [0.2, 0.25) is 5.02 Å². The average Bonchev–Trinajstić information content (AvgIpc) is 2.79. The predicted molar refractivity (Wildman–Crippen MR) is 70.5 cm³/mol. The van der Waals surface area contributed by atoms with Gasteiger partial charge in [0.1, 0.15) is 5.02 Å². The van der Waals surface area contributed by atoms with E-state index in [2.05, 4.69) is 26.3 Å². The van der Waals surface area contributed by atoms with Gasteiger partial charge in [0.15, 0.2) is 5.82 Å². The number of nitrogen functional groups attached to an aromatic ring is 1. The van der Waals surface area contributed by atoms with E-state index in [1.54, 1.807) is 6.20 Å². The largest absolute Gasteiger partial charge is 0.368 e. The van der Waals surface area contributed by atoms with Crippen LogP contribution in [0.25, 0.3) is 0 Å². The molecule has 2 aromatic heterocycles. The van der Waals surface area contributed by atoms with Gasteiger partial charge in [0.2, 0.25) is 5.95 Å². The fraction of sp³-hybridized carbons (Fsp3) is 0.273. The van der Waals surface area contributed by atoms with E-state index in [1.165, 1.54) is 10.4 Å². The molecular weight excluding hydrogens is 256 g/mol. The molecule has 0 saturated heterocycles. The molecule has 0 unspecified atom stereocenters. The minimum atomic E-state index is 0.264. The number of hydrogen-bond donors (Lipinski definition) is 1. The second kappa shape index (κ2) is 4.16. The van der Waals surface area contributed by atoms with Crippen molar-refractivity contribution in [1.29, 1.82) is 0 Å². The second-order valence-corrected chi connectivity index (χ2v) is 5.35. The van der Waals surface area contributed by atoms with Crippen molar-refractivity contribution in [3.63, 3.8) is 0 Å². The zero-order chi connectivity index (χ0) is 11.8. The summed E-state index contributed by atoms with van der Waals surface area (Å²) < 4.78 is 0. The SMILES string of the molecule is Nc1ncc(Cl)c(N2CCc3sccc3C2)n1. The van der Waals surface area contributed by atoms with Crippen LogP contribution in [-0.2, 0) is 13.0 Å². The van der Waals surface area contributed by atoms with Crippen LogP contribution < -0.4 is 10.6 Å². The van der Waals surface area contributed by atoms with Crippen molar-refractivity contribution in [2.75, 3.05) is 17.2 Å². The first-order valence-electron chi connectivity index (χ1n) is 5.32. The van der Waals surface area contributed by atoms with Gasteiger partial charge < -0.3 is 10.6 Å². The molecule has 0 spiro atoms. The molecule has 3 heterocycles. The van der Waals surface area contributed by atoms with Crippen LogP contribution in [-0.4, -0.2) is 16.5 Å². The van der Waals surface area contributed by atoms with E-state index in [1.807, 2.05) is 11.3 Å². The Morgan fingerprint density at radius 2 is 2.35 bits per heavy atom. The number of halogens is 1. The first kappa shape index (κ1) is 10.8. The molecule has 0 amide bonds. The van der Waals surface area contributed by atoms with Gasteiger partial charge in [-0.25, -0.2) is 4.98 Å². The monoisotopic (exact) mass is 266 g/mol. The summed E-state index contributed by atoms with van der Waals surface area (Å²) >= 11 is 7.92. The highest BCUT2D eigenvalue weighted by molar-refractivity contribution is 7.10. The van der Waals surface area contributed by atoms with Crippen molar-refractivity contribution in [3.8, 4) is 0 Å². The highest BCUT2D eigenvalue weighted by Gasteiger charge is 2.20. The van der Waals surface area contributed by atoms with Crippen molar-refractivity contribution in [1.82, 2.24) is 9.97 Å². The molecule has 0 fully saturated rings. The zero-order valence-electron chi connectivity index (χ0n) is 9.06. The van der Waals surface area contributed by atoms with Gasteiger partial charge in [0, 0.05) is 18.0 Å². The molecule has 4 nitrogen and oxygen atoms in total. The molecule has 0 saturated carbocycles. The minimum Gasteiger partial charge on any atom is -0.368 e. The lowest BCUT2D eigenvalue weighted by atomic mass is 10.1. The zero-order valence-corrected chi connectivity index (χ0v) is 10.6. The normalized spacial score (nSPS) is 14.8. The van der Waals surface area contributed by atoms with Crippen molar-refractivity contribution in [2.45, 2.75) is 13.0 Å². The molecule has 2 N–H and O–H groups in total. The van der Waals surface area contributed by atoms with Crippen LogP contribution in [0, 0.1) is 0 Å². The summed E-state index contributed by atoms with van der Waals surface area (Å²) in [6.45, 7) is 1.76. The first-order valence-corrected chi connectivity index (χ1v) is 6.58. The third kappa shape index (κ3) is 1.96. The number of nitrogens with two attached hydrogens (primary N) is 1. The number of nitrogens with zero attached hydrogens (tertiary/aromatic N) is 3. The highest BCUT2D eigenvalue weighted by atomic mass is 35.5. The summed E-state index contributed by atoms with van der Waals surface area (Å²) in [6.07, 6.45) is 2.59. The van der Waals surface area contributed by atoms with E-state index in [0.717, 1.165) is 25.3 Å². The molecule has 0 radical (unpaired) electrons. The van der Waals surface area contributed by atoms with Crippen molar-refractivity contribution in [3.05, 3.63) is 33.1 Å². The van der Waals surface area contributed by atoms with Gasteiger partial charge >= 0.3 is 0 Å². The number of fused-ring (bicyclic) bond motifs is 1. The molecule has 88 valence electrons. The van der Waals surface area contributed by atoms with Crippen LogP contribution in [0.4, 0.5) is 11.8 Å². The van der Waals surface area contributed by atoms with Gasteiger partial charge in [-0.1, -0.05) is 11.6 Å². The molecule has 17 heavy (non-hydrogen) atoms. The van der Waals surface area contributed by atoms with Crippen LogP contribution in [0.3, 0.4) is 0 Å². The van der Waals surface area contributed by atoms with E-state index >= 15 is 0 Å². The smallest absolute Gasteiger partial charge is 0.222 e. The number of anilines is 2. The number of aromatic nitrogens is 2. The van der Waals surface area contributed by atoms with Gasteiger partial charge in [-0.3, -0.25) is 0 Å². The summed E-state index contributed by atoms with van der Waals surface area (Å²) in [4.78, 5) is 11.7. The Hall–Kier alpha value is -1.33. The molecule has 0 aliphatic carbocycles. The second-order valence-electron chi connectivity index (χ2n) is 3.94. The molecule has 3 rings (SSSR count). The lowest BCUT2D eigenvalue weighted by Crippen LogP contribution is -2.30. The Balaban J connectivity index is 1.94. The average molecular weight is 267 g/mol. The molecule has 0 atom stereocenters. The van der Waals surface area contributed by atoms with Gasteiger partial charge in [-0.05, 0) is 23.4 Å². The van der Waals surface area contributed by atoms with Crippen LogP contribution in [0.1, 0.15) is 10.4 Å². The summed E-state index contributed by atoms with van der Waals surface area (Å²) in [5, 5.41) is 2.68. The van der Waals surface area contributed by atoms with Crippen LogP contribution in [0.5, 0.6) is 0 Å². The van der Waals surface area contributed by atoms with E-state index in [9.17, 15) is 0 Å². The summed E-state index contributed by atoms with van der Waals surface area (Å²) in [5.74, 6) is 0.997. The minimum absolute atomic E-state index is 0.264. The number of hydrogen-bond acceptors (Lipinski definition) is 5. The molecule has 0 aromatic carbocycles. The van der Waals surface area contributed by atoms with E-state index in [4.69, 9.17) is 17.3 Å². The third-order valence-electron chi connectivity index (χ3n) is 2.85. The standard InChI is InChI=1S/C11H11ClN4S/c12-8-5-14-11(13)15-10(8)16-3-1-9-7(6-16)2-4-17-9/h2,4-5H,1,3,6H2,(H2,13,14,15). The number of thiophene rings is 1. The Morgan fingerprint density at radius 1 is 1.47 bits per heavy atom. The first-order chi connectivity index (χ1) is 8.24. The van der Waals surface area contributed by atoms with Crippen molar-refractivity contribution in [2.24, 2.45) is 0 Å². The lowest BCUT2D eigenvalue weighted by Gasteiger charge is -2.28. The summed E-state index contributed by atoms with van der Waals surface area (Å²) in [5.41, 5.74) is 6.96. The maximum absolute atomic E-state index is 6.11. The fourth-order valence-corrected chi connectivity index (χ4v) is 3.12.